The number of anilines is 2. The maximum atomic E-state index is 14.6. The zero-order valence-electron chi connectivity index (χ0n) is 21.4. The number of carboxylic acid groups (broad SMARTS) is 1. The number of nitrogens with one attached hydrogen (secondary N) is 2. The van der Waals surface area contributed by atoms with Crippen LogP contribution in [0.5, 0.6) is 0 Å². The number of carboxylic acids is 1. The third-order valence-electron chi connectivity index (χ3n) is 6.40. The van der Waals surface area contributed by atoms with E-state index in [1.807, 2.05) is 26.2 Å². The van der Waals surface area contributed by atoms with Crippen molar-refractivity contribution in [2.45, 2.75) is 51.4 Å². The second-order valence-corrected chi connectivity index (χ2v) is 8.99. The molecule has 212 valence electrons. The van der Waals surface area contributed by atoms with E-state index in [2.05, 4.69) is 30.7 Å². The van der Waals surface area contributed by atoms with E-state index in [1.54, 1.807) is 6.92 Å². The first-order chi connectivity index (χ1) is 18.3. The third-order valence-corrected chi connectivity index (χ3v) is 6.40. The number of halogens is 6. The molecule has 1 fully saturated rings. The number of nitrogens with zero attached hydrogens (tertiary/aromatic N) is 4. The molecule has 14 heteroatoms. The highest BCUT2D eigenvalue weighted by Crippen LogP contribution is 2.32. The van der Waals surface area contributed by atoms with Gasteiger partial charge in [-0.05, 0) is 39.8 Å². The van der Waals surface area contributed by atoms with Gasteiger partial charge in [0.15, 0.2) is 5.82 Å². The minimum atomic E-state index is -5.08. The van der Waals surface area contributed by atoms with Crippen molar-refractivity contribution in [1.82, 2.24) is 20.5 Å². The maximum absolute atomic E-state index is 14.6. The number of carbonyl (C=O) groups is 1. The van der Waals surface area contributed by atoms with Gasteiger partial charge in [0.05, 0.1) is 34.7 Å². The molecule has 0 aliphatic carbocycles. The Bertz CT molecular complexity index is 1300. The fourth-order valence-electron chi connectivity index (χ4n) is 4.21. The Hall–Kier alpha value is -3.68. The average Bonchev–Trinajstić information content (AvgIpc) is 2.90. The van der Waals surface area contributed by atoms with Gasteiger partial charge in [0, 0.05) is 30.1 Å². The second-order valence-electron chi connectivity index (χ2n) is 8.99. The lowest BCUT2D eigenvalue weighted by Crippen LogP contribution is -2.41. The summed E-state index contributed by atoms with van der Waals surface area (Å²) < 4.78 is 72.6. The SMILES string of the molecule is CNC1CCN(c2cnc3c(C)nnc(NC(C)c4cccc(C(F)F)c4F)c3c2)CC1.O=C(O)C(F)(F)F. The Labute approximate surface area is 220 Å². The van der Waals surface area contributed by atoms with Crippen LogP contribution in [-0.2, 0) is 4.79 Å². The van der Waals surface area contributed by atoms with Gasteiger partial charge < -0.3 is 20.6 Å². The molecule has 0 amide bonds. The zero-order valence-corrected chi connectivity index (χ0v) is 21.4. The normalized spacial score (nSPS) is 15.2. The fourth-order valence-corrected chi connectivity index (χ4v) is 4.21. The van der Waals surface area contributed by atoms with E-state index in [9.17, 15) is 26.3 Å². The lowest BCUT2D eigenvalue weighted by atomic mass is 10.0. The topological polar surface area (TPSA) is 103 Å². The summed E-state index contributed by atoms with van der Waals surface area (Å²) >= 11 is 0. The highest BCUT2D eigenvalue weighted by molar-refractivity contribution is 5.92. The summed E-state index contributed by atoms with van der Waals surface area (Å²) in [6, 6.07) is 5.98. The van der Waals surface area contributed by atoms with Crippen LogP contribution in [0.4, 0.5) is 37.8 Å². The molecule has 3 heterocycles. The highest BCUT2D eigenvalue weighted by Gasteiger charge is 2.38. The monoisotopic (exact) mass is 558 g/mol. The van der Waals surface area contributed by atoms with Crippen LogP contribution >= 0.6 is 0 Å². The van der Waals surface area contributed by atoms with Gasteiger partial charge >= 0.3 is 12.1 Å². The van der Waals surface area contributed by atoms with Gasteiger partial charge in [0.25, 0.3) is 6.43 Å². The standard InChI is InChI=1S/C23H27F3N6.C2HF3O2/c1-13(17-5-4-6-18(20(17)24)22(25)26)29-23-19-11-16(12-28-21(19)14(2)30-31-23)32-9-7-15(27-3)8-10-32;3-2(4,5)1(6)7/h4-6,11-13,15,22,27H,7-10H2,1-3H3,(H,29,31);(H,6,7). The Morgan fingerprint density at radius 2 is 1.77 bits per heavy atom. The molecule has 0 spiro atoms. The number of hydrogen-bond acceptors (Lipinski definition) is 7. The molecule has 4 rings (SSSR count). The van der Waals surface area contributed by atoms with Crippen molar-refractivity contribution in [2.24, 2.45) is 0 Å². The smallest absolute Gasteiger partial charge is 0.475 e. The molecular formula is C25H28F6N6O2. The van der Waals surface area contributed by atoms with Gasteiger partial charge in [-0.25, -0.2) is 18.0 Å². The highest BCUT2D eigenvalue weighted by atomic mass is 19.4. The molecule has 1 atom stereocenters. The molecule has 1 aromatic carbocycles. The molecule has 8 nitrogen and oxygen atoms in total. The molecule has 1 aliphatic heterocycles. The maximum Gasteiger partial charge on any atom is 0.490 e. The van der Waals surface area contributed by atoms with Gasteiger partial charge in [0.1, 0.15) is 5.82 Å². The Morgan fingerprint density at radius 3 is 2.33 bits per heavy atom. The number of aryl methyl sites for hydroxylation is 1. The summed E-state index contributed by atoms with van der Waals surface area (Å²) in [6.07, 6.45) is -4.02. The van der Waals surface area contributed by atoms with Crippen LogP contribution in [0.15, 0.2) is 30.5 Å². The first-order valence-electron chi connectivity index (χ1n) is 12.0. The molecule has 0 radical (unpaired) electrons. The van der Waals surface area contributed by atoms with Gasteiger partial charge in [-0.2, -0.15) is 18.3 Å². The zero-order chi connectivity index (χ0) is 28.9. The molecule has 39 heavy (non-hydrogen) atoms. The quantitative estimate of drug-likeness (QED) is 0.346. The molecule has 3 N–H and O–H groups in total. The average molecular weight is 559 g/mol. The van der Waals surface area contributed by atoms with Gasteiger partial charge in [-0.15, -0.1) is 5.10 Å². The molecular weight excluding hydrogens is 530 g/mol. The Balaban J connectivity index is 0.000000532. The number of aromatic nitrogens is 3. The van der Waals surface area contributed by atoms with Crippen molar-refractivity contribution in [1.29, 1.82) is 0 Å². The van der Waals surface area contributed by atoms with Crippen molar-refractivity contribution in [2.75, 3.05) is 30.4 Å². The molecule has 0 bridgehead atoms. The number of alkyl halides is 5. The number of piperidine rings is 1. The largest absolute Gasteiger partial charge is 0.490 e. The second kappa shape index (κ2) is 12.5. The van der Waals surface area contributed by atoms with Crippen molar-refractivity contribution >= 4 is 28.4 Å². The number of rotatable bonds is 6. The number of benzene rings is 1. The summed E-state index contributed by atoms with van der Waals surface area (Å²) in [4.78, 5) is 15.8. The minimum absolute atomic E-state index is 0.150. The van der Waals surface area contributed by atoms with Crippen LogP contribution in [0.1, 0.15) is 49.1 Å². The van der Waals surface area contributed by atoms with Crippen LogP contribution in [-0.4, -0.2) is 58.6 Å². The minimum Gasteiger partial charge on any atom is -0.475 e. The summed E-state index contributed by atoms with van der Waals surface area (Å²) in [7, 11) is 1.98. The van der Waals surface area contributed by atoms with Gasteiger partial charge in [-0.1, -0.05) is 18.2 Å². The first-order valence-corrected chi connectivity index (χ1v) is 12.0. The van der Waals surface area contributed by atoms with Crippen molar-refractivity contribution in [3.05, 3.63) is 53.1 Å². The molecule has 0 saturated carbocycles. The predicted molar refractivity (Wildman–Crippen MR) is 133 cm³/mol. The summed E-state index contributed by atoms with van der Waals surface area (Å²) in [6.45, 7) is 5.38. The van der Waals surface area contributed by atoms with Crippen LogP contribution < -0.4 is 15.5 Å². The van der Waals surface area contributed by atoms with E-state index >= 15 is 0 Å². The van der Waals surface area contributed by atoms with E-state index in [1.165, 1.54) is 12.1 Å². The molecule has 1 aliphatic rings. The van der Waals surface area contributed by atoms with Gasteiger partial charge in [0.2, 0.25) is 0 Å². The van der Waals surface area contributed by atoms with E-state index in [-0.39, 0.29) is 5.56 Å². The van der Waals surface area contributed by atoms with E-state index in [4.69, 9.17) is 9.90 Å². The van der Waals surface area contributed by atoms with Crippen LogP contribution in [0.2, 0.25) is 0 Å². The van der Waals surface area contributed by atoms with E-state index in [0.717, 1.165) is 43.1 Å². The summed E-state index contributed by atoms with van der Waals surface area (Å²) in [5, 5.41) is 22.8. The van der Waals surface area contributed by atoms with Gasteiger partial charge in [-0.3, -0.25) is 4.98 Å². The van der Waals surface area contributed by atoms with Crippen molar-refractivity contribution in [3.8, 4) is 0 Å². The molecule has 1 unspecified atom stereocenters. The van der Waals surface area contributed by atoms with Crippen LogP contribution in [0, 0.1) is 12.7 Å². The molecule has 3 aromatic rings. The fraction of sp³-hybridized carbons (Fsp3) is 0.440. The third kappa shape index (κ3) is 7.25. The van der Waals surface area contributed by atoms with Crippen molar-refractivity contribution in [3.63, 3.8) is 0 Å². The summed E-state index contributed by atoms with van der Waals surface area (Å²) in [5.41, 5.74) is 1.91. The van der Waals surface area contributed by atoms with E-state index in [0.29, 0.717) is 23.1 Å². The van der Waals surface area contributed by atoms with Crippen molar-refractivity contribution < 1.29 is 36.2 Å². The lowest BCUT2D eigenvalue weighted by molar-refractivity contribution is -0.192. The number of fused-ring (bicyclic) bond motifs is 1. The lowest BCUT2D eigenvalue weighted by Gasteiger charge is -2.33. The number of pyridine rings is 1. The number of hydrogen-bond donors (Lipinski definition) is 3. The summed E-state index contributed by atoms with van der Waals surface area (Å²) in [5.74, 6) is -3.22. The Morgan fingerprint density at radius 1 is 1.15 bits per heavy atom. The Kier molecular flexibility index (Phi) is 9.54. The van der Waals surface area contributed by atoms with Crippen LogP contribution in [0.3, 0.4) is 0 Å². The first kappa shape index (κ1) is 29.9. The van der Waals surface area contributed by atoms with E-state index < -0.39 is 36.0 Å². The molecule has 2 aromatic heterocycles. The number of aliphatic carboxylic acids is 1. The molecule has 1 saturated heterocycles. The predicted octanol–water partition coefficient (Wildman–Crippen LogP) is 5.40. The van der Waals surface area contributed by atoms with Crippen LogP contribution in [0.25, 0.3) is 10.9 Å².